The summed E-state index contributed by atoms with van der Waals surface area (Å²) in [5, 5.41) is 24.4. The fourth-order valence-electron chi connectivity index (χ4n) is 3.72. The highest BCUT2D eigenvalue weighted by Crippen LogP contribution is 2.45. The van der Waals surface area contributed by atoms with Gasteiger partial charge in [0.05, 0.1) is 0 Å². The van der Waals surface area contributed by atoms with Crippen molar-refractivity contribution in [2.45, 2.75) is 76.5 Å². The van der Waals surface area contributed by atoms with Gasteiger partial charge in [-0.15, -0.1) is 0 Å². The molecular weight excluding hydrogens is 376 g/mol. The Morgan fingerprint density at radius 3 is 2.55 bits per heavy atom. The number of amides is 2. The minimum Gasteiger partial charge on any atom is -0.482 e. The van der Waals surface area contributed by atoms with Crippen molar-refractivity contribution in [2.75, 3.05) is 6.54 Å². The maximum absolute atomic E-state index is 13.1. The van der Waals surface area contributed by atoms with E-state index < -0.39 is 41.1 Å². The molecule has 8 nitrogen and oxygen atoms in total. The molecule has 2 heterocycles. The molecule has 3 rings (SSSR count). The van der Waals surface area contributed by atoms with Crippen LogP contribution in [-0.4, -0.2) is 56.7 Å². The van der Waals surface area contributed by atoms with Crippen LogP contribution in [0.3, 0.4) is 0 Å². The van der Waals surface area contributed by atoms with Crippen LogP contribution in [0.25, 0.3) is 0 Å². The number of hydrogen-bond acceptors (Lipinski definition) is 6. The number of para-hydroxylation sites is 1. The number of rotatable bonds is 2. The number of fused-ring (bicyclic) bond motifs is 1. The molecule has 29 heavy (non-hydrogen) atoms. The molecule has 0 aromatic heterocycles. The van der Waals surface area contributed by atoms with E-state index in [4.69, 9.17) is 9.47 Å². The van der Waals surface area contributed by atoms with Crippen LogP contribution in [0.5, 0.6) is 5.75 Å². The molecule has 2 atom stereocenters. The highest BCUT2D eigenvalue weighted by Gasteiger charge is 2.56. The maximum atomic E-state index is 13.1. The molecule has 3 N–H and O–H groups in total. The van der Waals surface area contributed by atoms with Crippen molar-refractivity contribution in [3.05, 3.63) is 29.8 Å². The largest absolute Gasteiger partial charge is 0.482 e. The first-order valence-electron chi connectivity index (χ1n) is 9.86. The van der Waals surface area contributed by atoms with Crippen molar-refractivity contribution in [3.8, 4) is 5.75 Å². The lowest BCUT2D eigenvalue weighted by molar-refractivity contribution is -0.279. The molecule has 160 valence electrons. The van der Waals surface area contributed by atoms with E-state index in [9.17, 15) is 19.8 Å². The molecule has 1 aromatic rings. The lowest BCUT2D eigenvalue weighted by atomic mass is 9.83. The second kappa shape index (κ2) is 7.18. The van der Waals surface area contributed by atoms with Gasteiger partial charge in [-0.2, -0.15) is 0 Å². The second-order valence-corrected chi connectivity index (χ2v) is 9.15. The zero-order valence-corrected chi connectivity index (χ0v) is 17.6. The molecule has 1 aromatic carbocycles. The third kappa shape index (κ3) is 4.04. The van der Waals surface area contributed by atoms with Crippen LogP contribution in [0.1, 0.15) is 59.1 Å². The Balaban J connectivity index is 1.84. The van der Waals surface area contributed by atoms with Gasteiger partial charge in [-0.3, -0.25) is 9.69 Å². The first-order chi connectivity index (χ1) is 13.3. The quantitative estimate of drug-likeness (QED) is 0.649. The molecule has 1 fully saturated rings. The van der Waals surface area contributed by atoms with E-state index in [1.165, 1.54) is 4.90 Å². The van der Waals surface area contributed by atoms with Crippen LogP contribution in [0, 0.1) is 0 Å². The summed E-state index contributed by atoms with van der Waals surface area (Å²) < 4.78 is 11.2. The van der Waals surface area contributed by atoms with Crippen LogP contribution in [0.15, 0.2) is 24.3 Å². The van der Waals surface area contributed by atoms with Crippen molar-refractivity contribution in [1.29, 1.82) is 0 Å². The van der Waals surface area contributed by atoms with Gasteiger partial charge in [0.1, 0.15) is 23.4 Å². The molecule has 2 aliphatic rings. The van der Waals surface area contributed by atoms with Gasteiger partial charge >= 0.3 is 6.09 Å². The van der Waals surface area contributed by atoms with Crippen molar-refractivity contribution in [2.24, 2.45) is 0 Å². The van der Waals surface area contributed by atoms with E-state index in [0.29, 0.717) is 30.7 Å². The topological polar surface area (TPSA) is 108 Å². The Labute approximate surface area is 170 Å². The normalized spacial score (nSPS) is 25.0. The first-order valence-corrected chi connectivity index (χ1v) is 9.86. The lowest BCUT2D eigenvalue weighted by Gasteiger charge is -2.48. The van der Waals surface area contributed by atoms with Crippen LogP contribution >= 0.6 is 0 Å². The van der Waals surface area contributed by atoms with Crippen molar-refractivity contribution in [1.82, 2.24) is 10.2 Å². The molecule has 0 spiro atoms. The number of benzene rings is 1. The summed E-state index contributed by atoms with van der Waals surface area (Å²) in [4.78, 5) is 27.0. The van der Waals surface area contributed by atoms with Gasteiger partial charge in [-0.1, -0.05) is 18.2 Å². The minimum atomic E-state index is -2.35. The van der Waals surface area contributed by atoms with E-state index in [1.807, 2.05) is 0 Å². The monoisotopic (exact) mass is 406 g/mol. The number of nitrogens with one attached hydrogen (secondary N) is 1. The fourth-order valence-corrected chi connectivity index (χ4v) is 3.72. The average molecular weight is 406 g/mol. The fraction of sp³-hybridized carbons (Fsp3) is 0.619. The minimum absolute atomic E-state index is 0.409. The number of ether oxygens (including phenoxy) is 2. The Morgan fingerprint density at radius 1 is 1.24 bits per heavy atom. The second-order valence-electron chi connectivity index (χ2n) is 9.15. The predicted octanol–water partition coefficient (Wildman–Crippen LogP) is 2.10. The summed E-state index contributed by atoms with van der Waals surface area (Å²) in [5.74, 6) is -2.35. The Morgan fingerprint density at radius 2 is 1.90 bits per heavy atom. The number of likely N-dealkylation sites (tertiary alicyclic amines) is 1. The molecule has 0 saturated carbocycles. The van der Waals surface area contributed by atoms with Crippen LogP contribution in [0.4, 0.5) is 4.79 Å². The molecule has 0 bridgehead atoms. The van der Waals surface area contributed by atoms with Gasteiger partial charge in [-0.25, -0.2) is 4.79 Å². The number of nitrogens with zero attached hydrogens (tertiary/aromatic N) is 1. The first kappa shape index (κ1) is 21.4. The highest BCUT2D eigenvalue weighted by atomic mass is 16.6. The molecule has 2 amide bonds. The van der Waals surface area contributed by atoms with Gasteiger partial charge in [0, 0.05) is 12.1 Å². The number of carbonyl (C=O) groups is 2. The predicted molar refractivity (Wildman–Crippen MR) is 105 cm³/mol. The molecular formula is C21H30N2O6. The Kier molecular flexibility index (Phi) is 5.29. The molecule has 8 heteroatoms. The van der Waals surface area contributed by atoms with Crippen LogP contribution in [-0.2, 0) is 9.53 Å². The molecule has 0 radical (unpaired) electrons. The van der Waals surface area contributed by atoms with E-state index >= 15 is 0 Å². The van der Waals surface area contributed by atoms with Gasteiger partial charge in [0.15, 0.2) is 5.60 Å². The highest BCUT2D eigenvalue weighted by molar-refractivity contribution is 5.86. The number of hydrogen-bond donors (Lipinski definition) is 3. The molecule has 0 aliphatic carbocycles. The third-order valence-corrected chi connectivity index (χ3v) is 5.35. The summed E-state index contributed by atoms with van der Waals surface area (Å²) in [7, 11) is 0. The Hall–Kier alpha value is -2.32. The summed E-state index contributed by atoms with van der Waals surface area (Å²) in [6, 6.07) is 5.05. The standard InChI is InChI=1S/C21H30N2O6/c1-19(2,3)29-18(25)23-12-8-10-14(23)17(24)22-16-13-9-6-7-11-15(13)28-20(4,5)21(16,26)27/h6-7,9,11,14,16,26-27H,8,10,12H2,1-5H3,(H,22,24). The third-order valence-electron chi connectivity index (χ3n) is 5.35. The summed E-state index contributed by atoms with van der Waals surface area (Å²) in [6.07, 6.45) is 0.585. The molecule has 2 aliphatic heterocycles. The molecule has 2 unspecified atom stereocenters. The zero-order valence-electron chi connectivity index (χ0n) is 17.6. The van der Waals surface area contributed by atoms with E-state index in [0.717, 1.165) is 0 Å². The number of aliphatic hydroxyl groups is 2. The van der Waals surface area contributed by atoms with Gasteiger partial charge < -0.3 is 25.0 Å². The lowest BCUT2D eigenvalue weighted by Crippen LogP contribution is -2.64. The van der Waals surface area contributed by atoms with Crippen molar-refractivity contribution in [3.63, 3.8) is 0 Å². The van der Waals surface area contributed by atoms with Crippen molar-refractivity contribution < 1.29 is 29.3 Å². The van der Waals surface area contributed by atoms with E-state index in [1.54, 1.807) is 58.9 Å². The summed E-state index contributed by atoms with van der Waals surface area (Å²) >= 11 is 0. The molecule has 1 saturated heterocycles. The van der Waals surface area contributed by atoms with Crippen molar-refractivity contribution >= 4 is 12.0 Å². The maximum Gasteiger partial charge on any atom is 0.410 e. The zero-order chi connectivity index (χ0) is 21.6. The SMILES string of the molecule is CC(C)(C)OC(=O)N1CCCC1C(=O)NC1c2ccccc2OC(C)(C)C1(O)O. The van der Waals surface area contributed by atoms with Gasteiger partial charge in [-0.05, 0) is 53.5 Å². The summed E-state index contributed by atoms with van der Waals surface area (Å²) in [5.41, 5.74) is -1.57. The van der Waals surface area contributed by atoms with E-state index in [-0.39, 0.29) is 0 Å². The van der Waals surface area contributed by atoms with Crippen LogP contribution < -0.4 is 10.1 Å². The number of carbonyl (C=O) groups excluding carboxylic acids is 2. The van der Waals surface area contributed by atoms with Gasteiger partial charge in [0.2, 0.25) is 11.7 Å². The smallest absolute Gasteiger partial charge is 0.410 e. The summed E-state index contributed by atoms with van der Waals surface area (Å²) in [6.45, 7) is 8.80. The average Bonchev–Trinajstić information content (AvgIpc) is 3.07. The van der Waals surface area contributed by atoms with E-state index in [2.05, 4.69) is 5.32 Å². The van der Waals surface area contributed by atoms with Gasteiger partial charge in [0.25, 0.3) is 0 Å². The Bertz CT molecular complexity index is 799. The van der Waals surface area contributed by atoms with Crippen LogP contribution in [0.2, 0.25) is 0 Å².